The Bertz CT molecular complexity index is 631. The summed E-state index contributed by atoms with van der Waals surface area (Å²) in [5, 5.41) is 2.79. The number of nitrogens with one attached hydrogen (secondary N) is 1. The smallest absolute Gasteiger partial charge is 0.224 e. The van der Waals surface area contributed by atoms with Crippen LogP contribution in [0.15, 0.2) is 42.7 Å². The van der Waals surface area contributed by atoms with Gasteiger partial charge in [0.25, 0.3) is 0 Å². The Morgan fingerprint density at radius 2 is 2.14 bits per heavy atom. The van der Waals surface area contributed by atoms with Crippen LogP contribution in [0.25, 0.3) is 0 Å². The number of benzene rings is 1. The number of aromatic nitrogens is 1. The standard InChI is InChI=1S/C17H20FN3O/c1-3-21(2)16-7-6-14(9-15(16)18)12-20-17(22)10-13-5-4-8-19-11-13/h4-9,11H,3,10,12H2,1-2H3,(H,20,22). The van der Waals surface area contributed by atoms with Crippen LogP contribution in [0.5, 0.6) is 0 Å². The lowest BCUT2D eigenvalue weighted by Crippen LogP contribution is -2.24. The zero-order valence-corrected chi connectivity index (χ0v) is 12.8. The number of amides is 1. The van der Waals surface area contributed by atoms with Crippen molar-refractivity contribution in [2.24, 2.45) is 0 Å². The number of pyridine rings is 1. The largest absolute Gasteiger partial charge is 0.373 e. The highest BCUT2D eigenvalue weighted by Gasteiger charge is 2.08. The van der Waals surface area contributed by atoms with Gasteiger partial charge in [0.15, 0.2) is 0 Å². The predicted molar refractivity (Wildman–Crippen MR) is 85.1 cm³/mol. The van der Waals surface area contributed by atoms with Crippen molar-refractivity contribution in [1.29, 1.82) is 0 Å². The molecule has 2 rings (SSSR count). The van der Waals surface area contributed by atoms with E-state index in [2.05, 4.69) is 10.3 Å². The number of nitrogens with zero attached hydrogens (tertiary/aromatic N) is 2. The second-order valence-corrected chi connectivity index (χ2v) is 5.11. The minimum Gasteiger partial charge on any atom is -0.373 e. The van der Waals surface area contributed by atoms with Crippen molar-refractivity contribution in [3.63, 3.8) is 0 Å². The lowest BCUT2D eigenvalue weighted by atomic mass is 10.1. The molecular formula is C17H20FN3O. The lowest BCUT2D eigenvalue weighted by Gasteiger charge is -2.18. The number of halogens is 1. The number of carbonyl (C=O) groups excluding carboxylic acids is 1. The van der Waals surface area contributed by atoms with Gasteiger partial charge < -0.3 is 10.2 Å². The first kappa shape index (κ1) is 15.9. The Morgan fingerprint density at radius 3 is 2.77 bits per heavy atom. The van der Waals surface area contributed by atoms with Gasteiger partial charge in [-0.25, -0.2) is 4.39 Å². The second-order valence-electron chi connectivity index (χ2n) is 5.11. The van der Waals surface area contributed by atoms with E-state index in [4.69, 9.17) is 0 Å². The van der Waals surface area contributed by atoms with Gasteiger partial charge in [-0.3, -0.25) is 9.78 Å². The fourth-order valence-electron chi connectivity index (χ4n) is 2.09. The Balaban J connectivity index is 1.91. The second kappa shape index (κ2) is 7.54. The van der Waals surface area contributed by atoms with E-state index in [0.29, 0.717) is 12.2 Å². The van der Waals surface area contributed by atoms with Gasteiger partial charge in [-0.1, -0.05) is 12.1 Å². The minimum atomic E-state index is -0.275. The van der Waals surface area contributed by atoms with Gasteiger partial charge in [0.2, 0.25) is 5.91 Å². The lowest BCUT2D eigenvalue weighted by molar-refractivity contribution is -0.120. The molecule has 0 atom stereocenters. The maximum absolute atomic E-state index is 14.0. The maximum Gasteiger partial charge on any atom is 0.224 e. The third kappa shape index (κ3) is 4.28. The van der Waals surface area contributed by atoms with Gasteiger partial charge >= 0.3 is 0 Å². The molecule has 22 heavy (non-hydrogen) atoms. The van der Waals surface area contributed by atoms with E-state index in [9.17, 15) is 9.18 Å². The minimum absolute atomic E-state index is 0.108. The molecule has 0 fully saturated rings. The summed E-state index contributed by atoms with van der Waals surface area (Å²) in [7, 11) is 1.84. The van der Waals surface area contributed by atoms with Crippen molar-refractivity contribution >= 4 is 11.6 Å². The predicted octanol–water partition coefficient (Wildman–Crippen LogP) is 2.54. The molecule has 1 aromatic carbocycles. The highest BCUT2D eigenvalue weighted by Crippen LogP contribution is 2.19. The molecule has 0 aliphatic rings. The summed E-state index contributed by atoms with van der Waals surface area (Å²) in [6.07, 6.45) is 3.60. The molecule has 1 aromatic heterocycles. The molecule has 116 valence electrons. The third-order valence-electron chi connectivity index (χ3n) is 3.47. The van der Waals surface area contributed by atoms with E-state index in [1.165, 1.54) is 6.07 Å². The zero-order valence-electron chi connectivity index (χ0n) is 12.8. The van der Waals surface area contributed by atoms with E-state index in [1.54, 1.807) is 24.5 Å². The molecule has 0 saturated heterocycles. The average molecular weight is 301 g/mol. The number of carbonyl (C=O) groups is 1. The van der Waals surface area contributed by atoms with Crippen molar-refractivity contribution in [2.45, 2.75) is 19.9 Å². The summed E-state index contributed by atoms with van der Waals surface area (Å²) in [6, 6.07) is 8.67. The van der Waals surface area contributed by atoms with Crippen molar-refractivity contribution in [1.82, 2.24) is 10.3 Å². The Hall–Kier alpha value is -2.43. The SMILES string of the molecule is CCN(C)c1ccc(CNC(=O)Cc2cccnc2)cc1F. The van der Waals surface area contributed by atoms with E-state index in [1.807, 2.05) is 31.0 Å². The molecule has 1 N–H and O–H groups in total. The van der Waals surface area contributed by atoms with Crippen LogP contribution in [0.4, 0.5) is 10.1 Å². The number of anilines is 1. The molecular weight excluding hydrogens is 281 g/mol. The molecule has 0 aliphatic carbocycles. The van der Waals surface area contributed by atoms with Crippen molar-refractivity contribution in [3.05, 3.63) is 59.7 Å². The average Bonchev–Trinajstić information content (AvgIpc) is 2.53. The summed E-state index contributed by atoms with van der Waals surface area (Å²) < 4.78 is 14.0. The van der Waals surface area contributed by atoms with Gasteiger partial charge in [-0.05, 0) is 36.2 Å². The molecule has 0 aliphatic heterocycles. The molecule has 0 radical (unpaired) electrons. The highest BCUT2D eigenvalue weighted by atomic mass is 19.1. The van der Waals surface area contributed by atoms with Crippen LogP contribution in [0, 0.1) is 5.82 Å². The van der Waals surface area contributed by atoms with Crippen molar-refractivity contribution in [2.75, 3.05) is 18.5 Å². The maximum atomic E-state index is 14.0. The zero-order chi connectivity index (χ0) is 15.9. The van der Waals surface area contributed by atoms with E-state index in [0.717, 1.165) is 17.7 Å². The van der Waals surface area contributed by atoms with E-state index in [-0.39, 0.29) is 18.1 Å². The molecule has 0 bridgehead atoms. The normalized spacial score (nSPS) is 10.3. The molecule has 1 amide bonds. The fraction of sp³-hybridized carbons (Fsp3) is 0.294. The highest BCUT2D eigenvalue weighted by molar-refractivity contribution is 5.78. The molecule has 2 aromatic rings. The first-order valence-corrected chi connectivity index (χ1v) is 7.25. The van der Waals surface area contributed by atoms with Gasteiger partial charge in [0, 0.05) is 32.5 Å². The first-order valence-electron chi connectivity index (χ1n) is 7.25. The fourth-order valence-corrected chi connectivity index (χ4v) is 2.09. The molecule has 5 heteroatoms. The third-order valence-corrected chi connectivity index (χ3v) is 3.47. The van der Waals surface area contributed by atoms with Crippen LogP contribution in [0.3, 0.4) is 0 Å². The topological polar surface area (TPSA) is 45.2 Å². The number of hydrogen-bond donors (Lipinski definition) is 1. The van der Waals surface area contributed by atoms with Gasteiger partial charge in [0.05, 0.1) is 12.1 Å². The van der Waals surface area contributed by atoms with E-state index >= 15 is 0 Å². The summed E-state index contributed by atoms with van der Waals surface area (Å²) in [6.45, 7) is 3.01. The first-order chi connectivity index (χ1) is 10.6. The Morgan fingerprint density at radius 1 is 1.32 bits per heavy atom. The monoisotopic (exact) mass is 301 g/mol. The van der Waals surface area contributed by atoms with Crippen LogP contribution in [-0.4, -0.2) is 24.5 Å². The van der Waals surface area contributed by atoms with Gasteiger partial charge in [0.1, 0.15) is 5.82 Å². The number of rotatable bonds is 6. The molecule has 0 unspecified atom stereocenters. The van der Waals surface area contributed by atoms with Gasteiger partial charge in [-0.15, -0.1) is 0 Å². The quantitative estimate of drug-likeness (QED) is 0.892. The van der Waals surface area contributed by atoms with Crippen LogP contribution in [0.1, 0.15) is 18.1 Å². The van der Waals surface area contributed by atoms with Crippen LogP contribution >= 0.6 is 0 Å². The van der Waals surface area contributed by atoms with Crippen LogP contribution < -0.4 is 10.2 Å². The molecule has 0 saturated carbocycles. The summed E-state index contributed by atoms with van der Waals surface area (Å²) in [5.41, 5.74) is 2.16. The van der Waals surface area contributed by atoms with Gasteiger partial charge in [-0.2, -0.15) is 0 Å². The molecule has 4 nitrogen and oxygen atoms in total. The van der Waals surface area contributed by atoms with Crippen molar-refractivity contribution in [3.8, 4) is 0 Å². The summed E-state index contributed by atoms with van der Waals surface area (Å²) >= 11 is 0. The Labute approximate surface area is 130 Å². The van der Waals surface area contributed by atoms with E-state index < -0.39 is 0 Å². The molecule has 1 heterocycles. The van der Waals surface area contributed by atoms with Crippen LogP contribution in [0.2, 0.25) is 0 Å². The molecule has 0 spiro atoms. The van der Waals surface area contributed by atoms with Crippen molar-refractivity contribution < 1.29 is 9.18 Å². The summed E-state index contributed by atoms with van der Waals surface area (Å²) in [5.74, 6) is -0.383. The van der Waals surface area contributed by atoms with Crippen LogP contribution in [-0.2, 0) is 17.8 Å². The summed E-state index contributed by atoms with van der Waals surface area (Å²) in [4.78, 5) is 17.7. The Kier molecular flexibility index (Phi) is 5.47. The number of hydrogen-bond acceptors (Lipinski definition) is 3.